The van der Waals surface area contributed by atoms with Gasteiger partial charge >= 0.3 is 0 Å². The van der Waals surface area contributed by atoms with Crippen molar-refractivity contribution in [2.75, 3.05) is 34.5 Å². The molecule has 0 bridgehead atoms. The molecular formula is C26H30ClNO7. The number of hydrogen-bond acceptors (Lipinski definition) is 7. The molecule has 35 heavy (non-hydrogen) atoms. The fraction of sp³-hybridized carbons (Fsp3) is 0.385. The molecular weight excluding hydrogens is 474 g/mol. The molecule has 0 aliphatic carbocycles. The van der Waals surface area contributed by atoms with E-state index in [0.29, 0.717) is 40.9 Å². The van der Waals surface area contributed by atoms with Gasteiger partial charge in [0.1, 0.15) is 11.5 Å². The molecule has 8 nitrogen and oxygen atoms in total. The van der Waals surface area contributed by atoms with Crippen molar-refractivity contribution < 1.29 is 33.6 Å². The maximum atomic E-state index is 13.2. The Kier molecular flexibility index (Phi) is 8.64. The number of carbonyl (C=O) groups is 2. The molecule has 0 radical (unpaired) electrons. The van der Waals surface area contributed by atoms with E-state index < -0.39 is 17.7 Å². The first-order valence-electron chi connectivity index (χ1n) is 11.2. The molecule has 1 amide bonds. The predicted octanol–water partition coefficient (Wildman–Crippen LogP) is 4.60. The van der Waals surface area contributed by atoms with Crippen molar-refractivity contribution in [2.24, 2.45) is 0 Å². The molecule has 0 saturated carbocycles. The van der Waals surface area contributed by atoms with Crippen molar-refractivity contribution in [2.45, 2.75) is 32.4 Å². The molecule has 1 atom stereocenters. The summed E-state index contributed by atoms with van der Waals surface area (Å²) >= 11 is 6.16. The monoisotopic (exact) mass is 503 g/mol. The summed E-state index contributed by atoms with van der Waals surface area (Å²) in [5.74, 6) is -0.598. The van der Waals surface area contributed by atoms with Crippen LogP contribution in [0.3, 0.4) is 0 Å². The van der Waals surface area contributed by atoms with Gasteiger partial charge in [0.25, 0.3) is 11.7 Å². The lowest BCUT2D eigenvalue weighted by Gasteiger charge is -2.26. The zero-order valence-corrected chi connectivity index (χ0v) is 21.2. The second kappa shape index (κ2) is 11.5. The van der Waals surface area contributed by atoms with Crippen LogP contribution in [-0.2, 0) is 14.3 Å². The smallest absolute Gasteiger partial charge is 0.295 e. The van der Waals surface area contributed by atoms with Crippen molar-refractivity contribution in [1.82, 2.24) is 4.90 Å². The Balaban J connectivity index is 2.21. The third-order valence-corrected chi connectivity index (χ3v) is 5.81. The summed E-state index contributed by atoms with van der Waals surface area (Å²) in [7, 11) is 4.52. The molecule has 1 aliphatic rings. The van der Waals surface area contributed by atoms with E-state index in [1.54, 1.807) is 37.4 Å². The van der Waals surface area contributed by atoms with Gasteiger partial charge in [-0.25, -0.2) is 0 Å². The van der Waals surface area contributed by atoms with Crippen molar-refractivity contribution in [1.29, 1.82) is 0 Å². The lowest BCUT2D eigenvalue weighted by Crippen LogP contribution is -2.31. The minimum absolute atomic E-state index is 0.0624. The number of ether oxygens (including phenoxy) is 4. The Hall–Kier alpha value is -3.23. The van der Waals surface area contributed by atoms with Crippen LogP contribution in [-0.4, -0.2) is 62.3 Å². The van der Waals surface area contributed by atoms with E-state index in [1.165, 1.54) is 25.2 Å². The third-order valence-electron chi connectivity index (χ3n) is 5.57. The van der Waals surface area contributed by atoms with E-state index in [-0.39, 0.29) is 29.5 Å². The van der Waals surface area contributed by atoms with Gasteiger partial charge in [0, 0.05) is 25.3 Å². The summed E-state index contributed by atoms with van der Waals surface area (Å²) in [6, 6.07) is 9.01. The number of aliphatic hydroxyl groups is 1. The number of halogens is 1. The van der Waals surface area contributed by atoms with Crippen LogP contribution in [0, 0.1) is 0 Å². The summed E-state index contributed by atoms with van der Waals surface area (Å²) < 4.78 is 21.8. The summed E-state index contributed by atoms with van der Waals surface area (Å²) in [5, 5.41) is 11.7. The molecule has 0 aromatic heterocycles. The second-order valence-electron chi connectivity index (χ2n) is 8.26. The van der Waals surface area contributed by atoms with Gasteiger partial charge in [-0.05, 0) is 56.2 Å². The number of Topliss-reactive ketones (excluding diaryl/α,β-unsaturated/α-hetero) is 1. The number of nitrogens with zero attached hydrogens (tertiary/aromatic N) is 1. The summed E-state index contributed by atoms with van der Waals surface area (Å²) in [6.45, 7) is 4.45. The molecule has 1 N–H and O–H groups in total. The van der Waals surface area contributed by atoms with E-state index >= 15 is 0 Å². The summed E-state index contributed by atoms with van der Waals surface area (Å²) in [6.07, 6.45) is 0.427. The second-order valence-corrected chi connectivity index (χ2v) is 8.70. The Morgan fingerprint density at radius 1 is 1.03 bits per heavy atom. The number of benzene rings is 2. The van der Waals surface area contributed by atoms with Gasteiger partial charge in [-0.1, -0.05) is 17.7 Å². The highest BCUT2D eigenvalue weighted by molar-refractivity contribution is 6.46. The molecule has 188 valence electrons. The molecule has 9 heteroatoms. The fourth-order valence-corrected chi connectivity index (χ4v) is 4.22. The molecule has 1 aliphatic heterocycles. The Labute approximate surface area is 210 Å². The van der Waals surface area contributed by atoms with Gasteiger partial charge < -0.3 is 29.0 Å². The van der Waals surface area contributed by atoms with Crippen LogP contribution in [0.1, 0.15) is 37.4 Å². The van der Waals surface area contributed by atoms with Gasteiger partial charge in [-0.2, -0.15) is 0 Å². The Bertz CT molecular complexity index is 1130. The first-order valence-corrected chi connectivity index (χ1v) is 11.6. The standard InChI is InChI=1S/C26H30ClNO7/c1-15(2)35-20-9-7-16(13-21(20)34-5)23-22(25(30)26(31)28(23)11-6-12-32-3)24(29)18-14-17(27)8-10-19(18)33-4/h7-10,13-15,23,29H,6,11-12H2,1-5H3/b24-22+. The highest BCUT2D eigenvalue weighted by atomic mass is 35.5. The topological polar surface area (TPSA) is 94.5 Å². The van der Waals surface area contributed by atoms with Crippen LogP contribution in [0.2, 0.25) is 5.02 Å². The molecule has 1 heterocycles. The minimum Gasteiger partial charge on any atom is -0.507 e. The largest absolute Gasteiger partial charge is 0.507 e. The SMILES string of the molecule is COCCCN1C(=O)C(=O)/C(=C(/O)c2cc(Cl)ccc2OC)C1c1ccc(OC(C)C)c(OC)c1. The van der Waals surface area contributed by atoms with Gasteiger partial charge in [-0.3, -0.25) is 9.59 Å². The quantitative estimate of drug-likeness (QED) is 0.219. The lowest BCUT2D eigenvalue weighted by atomic mass is 9.94. The van der Waals surface area contributed by atoms with E-state index in [9.17, 15) is 14.7 Å². The molecule has 3 rings (SSSR count). The van der Waals surface area contributed by atoms with E-state index in [2.05, 4.69) is 0 Å². The zero-order chi connectivity index (χ0) is 25.7. The van der Waals surface area contributed by atoms with E-state index in [0.717, 1.165) is 0 Å². The maximum absolute atomic E-state index is 13.2. The summed E-state index contributed by atoms with van der Waals surface area (Å²) in [4.78, 5) is 27.8. The Morgan fingerprint density at radius 3 is 2.34 bits per heavy atom. The van der Waals surface area contributed by atoms with Crippen LogP contribution in [0.5, 0.6) is 17.2 Å². The zero-order valence-electron chi connectivity index (χ0n) is 20.5. The number of ketones is 1. The van der Waals surface area contributed by atoms with Gasteiger partial charge in [0.2, 0.25) is 0 Å². The van der Waals surface area contributed by atoms with Crippen molar-refractivity contribution >= 4 is 29.1 Å². The molecule has 2 aromatic rings. The van der Waals surface area contributed by atoms with Gasteiger partial charge in [0.15, 0.2) is 11.5 Å². The average molecular weight is 504 g/mol. The van der Waals surface area contributed by atoms with Crippen LogP contribution in [0.4, 0.5) is 0 Å². The van der Waals surface area contributed by atoms with Crippen molar-refractivity contribution in [3.63, 3.8) is 0 Å². The van der Waals surface area contributed by atoms with Gasteiger partial charge in [-0.15, -0.1) is 0 Å². The van der Waals surface area contributed by atoms with Crippen molar-refractivity contribution in [3.8, 4) is 17.2 Å². The van der Waals surface area contributed by atoms with Gasteiger partial charge in [0.05, 0.1) is 37.5 Å². The first-order chi connectivity index (χ1) is 16.7. The highest BCUT2D eigenvalue weighted by Gasteiger charge is 2.46. The highest BCUT2D eigenvalue weighted by Crippen LogP contribution is 2.43. The lowest BCUT2D eigenvalue weighted by molar-refractivity contribution is -0.140. The van der Waals surface area contributed by atoms with Crippen molar-refractivity contribution in [3.05, 3.63) is 58.1 Å². The number of hydrogen-bond donors (Lipinski definition) is 1. The van der Waals surface area contributed by atoms with E-state index in [1.807, 2.05) is 13.8 Å². The summed E-state index contributed by atoms with van der Waals surface area (Å²) in [5.41, 5.74) is 0.733. The molecule has 0 spiro atoms. The number of carbonyl (C=O) groups excluding carboxylic acids is 2. The number of methoxy groups -OCH3 is 3. The predicted molar refractivity (Wildman–Crippen MR) is 132 cm³/mol. The van der Waals surface area contributed by atoms with Crippen LogP contribution in [0.15, 0.2) is 42.0 Å². The number of likely N-dealkylation sites (tertiary alicyclic amines) is 1. The number of rotatable bonds is 10. The molecule has 1 unspecified atom stereocenters. The van der Waals surface area contributed by atoms with Crippen LogP contribution < -0.4 is 14.2 Å². The van der Waals surface area contributed by atoms with Crippen LogP contribution in [0.25, 0.3) is 5.76 Å². The average Bonchev–Trinajstić information content (AvgIpc) is 3.08. The third kappa shape index (κ3) is 5.55. The first kappa shape index (κ1) is 26.4. The van der Waals surface area contributed by atoms with Crippen LogP contribution >= 0.6 is 11.6 Å². The normalized spacial score (nSPS) is 17.2. The fourth-order valence-electron chi connectivity index (χ4n) is 4.05. The van der Waals surface area contributed by atoms with E-state index in [4.69, 9.17) is 30.5 Å². The molecule has 2 aromatic carbocycles. The molecule has 1 saturated heterocycles. The molecule has 1 fully saturated rings. The number of aliphatic hydroxyl groups excluding tert-OH is 1. The minimum atomic E-state index is -0.863. The Morgan fingerprint density at radius 2 is 1.71 bits per heavy atom. The number of amides is 1. The maximum Gasteiger partial charge on any atom is 0.295 e.